The SMILES string of the molecule is COC(CNc1cc(Cl)c(Cl)cc1Cl)OC. The maximum absolute atomic E-state index is 5.98. The Kier molecular flexibility index (Phi) is 5.66. The van der Waals surface area contributed by atoms with Gasteiger partial charge >= 0.3 is 0 Å². The fourth-order valence-corrected chi connectivity index (χ4v) is 1.73. The Morgan fingerprint density at radius 3 is 2.19 bits per heavy atom. The first-order chi connectivity index (χ1) is 7.58. The second-order valence-electron chi connectivity index (χ2n) is 3.03. The molecule has 0 fully saturated rings. The molecule has 3 nitrogen and oxygen atoms in total. The third kappa shape index (κ3) is 3.68. The van der Waals surface area contributed by atoms with Crippen LogP contribution in [0.1, 0.15) is 0 Å². The number of anilines is 1. The molecule has 6 heteroatoms. The first-order valence-electron chi connectivity index (χ1n) is 4.52. The van der Waals surface area contributed by atoms with Crippen LogP contribution in [-0.2, 0) is 9.47 Å². The van der Waals surface area contributed by atoms with Crippen molar-refractivity contribution < 1.29 is 9.47 Å². The fourth-order valence-electron chi connectivity index (χ4n) is 1.11. The van der Waals surface area contributed by atoms with Crippen molar-refractivity contribution >= 4 is 40.5 Å². The molecule has 0 aliphatic carbocycles. The van der Waals surface area contributed by atoms with Crippen molar-refractivity contribution in [1.29, 1.82) is 0 Å². The number of rotatable bonds is 5. The van der Waals surface area contributed by atoms with Crippen LogP contribution in [0.15, 0.2) is 12.1 Å². The summed E-state index contributed by atoms with van der Waals surface area (Å²) in [5.41, 5.74) is 0.690. The summed E-state index contributed by atoms with van der Waals surface area (Å²) < 4.78 is 10.1. The summed E-state index contributed by atoms with van der Waals surface area (Å²) in [4.78, 5) is 0. The van der Waals surface area contributed by atoms with E-state index in [0.717, 1.165) is 0 Å². The Balaban J connectivity index is 2.70. The fraction of sp³-hybridized carbons (Fsp3) is 0.400. The standard InChI is InChI=1S/C10H12Cl3NO2/c1-15-10(16-2)5-14-9-4-7(12)6(11)3-8(9)13/h3-4,10,14H,5H2,1-2H3. The normalized spacial score (nSPS) is 10.9. The van der Waals surface area contributed by atoms with Crippen LogP contribution < -0.4 is 5.32 Å². The summed E-state index contributed by atoms with van der Waals surface area (Å²) in [6.07, 6.45) is -0.342. The highest BCUT2D eigenvalue weighted by Crippen LogP contribution is 2.32. The van der Waals surface area contributed by atoms with E-state index >= 15 is 0 Å². The molecular formula is C10H12Cl3NO2. The average molecular weight is 285 g/mol. The lowest BCUT2D eigenvalue weighted by molar-refractivity contribution is -0.0914. The number of halogens is 3. The van der Waals surface area contributed by atoms with E-state index in [0.29, 0.717) is 27.3 Å². The smallest absolute Gasteiger partial charge is 0.173 e. The van der Waals surface area contributed by atoms with Gasteiger partial charge < -0.3 is 14.8 Å². The van der Waals surface area contributed by atoms with Crippen molar-refractivity contribution in [3.05, 3.63) is 27.2 Å². The molecule has 0 atom stereocenters. The molecule has 0 bridgehead atoms. The maximum Gasteiger partial charge on any atom is 0.173 e. The third-order valence-corrected chi connectivity index (χ3v) is 3.03. The minimum absolute atomic E-state index is 0.342. The molecule has 0 amide bonds. The maximum atomic E-state index is 5.98. The first kappa shape index (κ1) is 13.9. The van der Waals surface area contributed by atoms with Gasteiger partial charge in [0.25, 0.3) is 0 Å². The first-order valence-corrected chi connectivity index (χ1v) is 5.66. The lowest BCUT2D eigenvalue weighted by atomic mass is 10.3. The van der Waals surface area contributed by atoms with Crippen LogP contribution in [-0.4, -0.2) is 27.1 Å². The zero-order valence-corrected chi connectivity index (χ0v) is 11.2. The van der Waals surface area contributed by atoms with E-state index in [-0.39, 0.29) is 6.29 Å². The molecule has 0 aliphatic heterocycles. The quantitative estimate of drug-likeness (QED) is 0.661. The van der Waals surface area contributed by atoms with E-state index in [9.17, 15) is 0 Å². The second kappa shape index (κ2) is 6.52. The van der Waals surface area contributed by atoms with Crippen molar-refractivity contribution in [1.82, 2.24) is 0 Å². The molecule has 0 aliphatic rings. The molecule has 1 aromatic carbocycles. The van der Waals surface area contributed by atoms with E-state index in [1.165, 1.54) is 0 Å². The monoisotopic (exact) mass is 283 g/mol. The summed E-state index contributed by atoms with van der Waals surface area (Å²) in [5.74, 6) is 0. The Hall–Kier alpha value is -0.190. The number of benzene rings is 1. The molecule has 16 heavy (non-hydrogen) atoms. The molecule has 0 unspecified atom stereocenters. The summed E-state index contributed by atoms with van der Waals surface area (Å²) in [6, 6.07) is 3.25. The van der Waals surface area contributed by atoms with Crippen LogP contribution in [0.3, 0.4) is 0 Å². The minimum atomic E-state index is -0.342. The zero-order chi connectivity index (χ0) is 12.1. The Morgan fingerprint density at radius 1 is 1.06 bits per heavy atom. The van der Waals surface area contributed by atoms with Gasteiger partial charge in [0.15, 0.2) is 6.29 Å². The topological polar surface area (TPSA) is 30.5 Å². The van der Waals surface area contributed by atoms with Crippen LogP contribution in [0.4, 0.5) is 5.69 Å². The molecule has 0 aromatic heterocycles. The van der Waals surface area contributed by atoms with Crippen LogP contribution in [0.5, 0.6) is 0 Å². The highest BCUT2D eigenvalue weighted by molar-refractivity contribution is 6.44. The number of methoxy groups -OCH3 is 2. The third-order valence-electron chi connectivity index (χ3n) is 1.99. The van der Waals surface area contributed by atoms with Gasteiger partial charge in [0, 0.05) is 14.2 Å². The summed E-state index contributed by atoms with van der Waals surface area (Å²) >= 11 is 17.7. The predicted molar refractivity (Wildman–Crippen MR) is 67.8 cm³/mol. The molecule has 1 aromatic rings. The van der Waals surface area contributed by atoms with E-state index in [1.54, 1.807) is 26.4 Å². The second-order valence-corrected chi connectivity index (χ2v) is 4.25. The Morgan fingerprint density at radius 2 is 1.62 bits per heavy atom. The van der Waals surface area contributed by atoms with Crippen molar-refractivity contribution in [2.75, 3.05) is 26.1 Å². The Labute approximate surface area is 110 Å². The minimum Gasteiger partial charge on any atom is -0.379 e. The molecule has 0 saturated heterocycles. The van der Waals surface area contributed by atoms with Gasteiger partial charge in [-0.25, -0.2) is 0 Å². The van der Waals surface area contributed by atoms with Crippen LogP contribution in [0.2, 0.25) is 15.1 Å². The van der Waals surface area contributed by atoms with Crippen molar-refractivity contribution in [3.8, 4) is 0 Å². The molecule has 90 valence electrons. The molecule has 0 radical (unpaired) electrons. The van der Waals surface area contributed by atoms with Gasteiger partial charge in [0.2, 0.25) is 0 Å². The number of nitrogens with one attached hydrogen (secondary N) is 1. The lowest BCUT2D eigenvalue weighted by Crippen LogP contribution is -2.23. The van der Waals surface area contributed by atoms with E-state index in [1.807, 2.05) is 0 Å². The Bertz CT molecular complexity index is 356. The molecule has 0 spiro atoms. The van der Waals surface area contributed by atoms with Gasteiger partial charge in [0.1, 0.15) is 0 Å². The summed E-state index contributed by atoms with van der Waals surface area (Å²) in [5, 5.41) is 4.43. The average Bonchev–Trinajstić information content (AvgIpc) is 2.26. The predicted octanol–water partition coefficient (Wildman–Crippen LogP) is 3.68. The van der Waals surface area contributed by atoms with E-state index < -0.39 is 0 Å². The zero-order valence-electron chi connectivity index (χ0n) is 8.89. The van der Waals surface area contributed by atoms with E-state index in [2.05, 4.69) is 5.32 Å². The van der Waals surface area contributed by atoms with E-state index in [4.69, 9.17) is 44.3 Å². The van der Waals surface area contributed by atoms with Crippen LogP contribution in [0, 0.1) is 0 Å². The summed E-state index contributed by atoms with van der Waals surface area (Å²) in [6.45, 7) is 0.463. The van der Waals surface area contributed by atoms with Gasteiger partial charge in [-0.2, -0.15) is 0 Å². The van der Waals surface area contributed by atoms with Gasteiger partial charge in [-0.1, -0.05) is 34.8 Å². The molecule has 0 saturated carbocycles. The molecule has 0 heterocycles. The van der Waals surface area contributed by atoms with Gasteiger partial charge in [0.05, 0.1) is 27.3 Å². The van der Waals surface area contributed by atoms with Crippen LogP contribution in [0.25, 0.3) is 0 Å². The highest BCUT2D eigenvalue weighted by atomic mass is 35.5. The van der Waals surface area contributed by atoms with Crippen molar-refractivity contribution in [2.24, 2.45) is 0 Å². The molecular weight excluding hydrogens is 272 g/mol. The number of hydrogen-bond donors (Lipinski definition) is 1. The number of hydrogen-bond acceptors (Lipinski definition) is 3. The van der Waals surface area contributed by atoms with Crippen LogP contribution >= 0.6 is 34.8 Å². The van der Waals surface area contributed by atoms with Crippen molar-refractivity contribution in [2.45, 2.75) is 6.29 Å². The lowest BCUT2D eigenvalue weighted by Gasteiger charge is -2.16. The summed E-state index contributed by atoms with van der Waals surface area (Å²) in [7, 11) is 3.12. The van der Waals surface area contributed by atoms with Gasteiger partial charge in [-0.15, -0.1) is 0 Å². The largest absolute Gasteiger partial charge is 0.379 e. The van der Waals surface area contributed by atoms with Gasteiger partial charge in [-0.05, 0) is 12.1 Å². The molecule has 1 rings (SSSR count). The van der Waals surface area contributed by atoms with Gasteiger partial charge in [-0.3, -0.25) is 0 Å². The van der Waals surface area contributed by atoms with Crippen molar-refractivity contribution in [3.63, 3.8) is 0 Å². The highest BCUT2D eigenvalue weighted by Gasteiger charge is 2.08. The molecule has 1 N–H and O–H groups in total. The number of ether oxygens (including phenoxy) is 2.